The number of methoxy groups -OCH3 is 1. The number of carbonyl (C=O) groups is 2. The van der Waals surface area contributed by atoms with E-state index in [1.54, 1.807) is 13.3 Å². The first-order valence-electron chi connectivity index (χ1n) is 9.89. The summed E-state index contributed by atoms with van der Waals surface area (Å²) in [5.41, 5.74) is 0.800. The fraction of sp³-hybridized carbons (Fsp3) is 0.737. The number of hydrogen-bond acceptors (Lipinski definition) is 5. The molecule has 1 atom stereocenters. The van der Waals surface area contributed by atoms with E-state index in [4.69, 9.17) is 14.6 Å². The Morgan fingerprint density at radius 2 is 1.97 bits per heavy atom. The summed E-state index contributed by atoms with van der Waals surface area (Å²) >= 11 is 0. The van der Waals surface area contributed by atoms with E-state index in [0.717, 1.165) is 44.4 Å². The van der Waals surface area contributed by atoms with Crippen molar-refractivity contribution in [2.24, 2.45) is 11.8 Å². The van der Waals surface area contributed by atoms with E-state index < -0.39 is 12.1 Å². The van der Waals surface area contributed by atoms with Gasteiger partial charge in [0, 0.05) is 33.3 Å². The summed E-state index contributed by atoms with van der Waals surface area (Å²) < 4.78 is 37.1. The van der Waals surface area contributed by atoms with Crippen LogP contribution in [0.25, 0.3) is 0 Å². The van der Waals surface area contributed by atoms with E-state index in [1.165, 1.54) is 19.4 Å². The number of ether oxygens (including phenoxy) is 1. The second-order valence-corrected chi connectivity index (χ2v) is 8.44. The fourth-order valence-corrected chi connectivity index (χ4v) is 4.30. The first kappa shape index (κ1) is 22.5. The first-order chi connectivity index (χ1) is 14.0. The van der Waals surface area contributed by atoms with Gasteiger partial charge >= 0.3 is 12.1 Å². The van der Waals surface area contributed by atoms with Crippen LogP contribution in [0.2, 0.25) is 0 Å². The highest BCUT2D eigenvalue weighted by Crippen LogP contribution is 2.43. The maximum absolute atomic E-state index is 12.5. The minimum absolute atomic E-state index is 0.0813. The van der Waals surface area contributed by atoms with Crippen LogP contribution < -0.4 is 0 Å². The first-order valence-corrected chi connectivity index (χ1v) is 9.89. The van der Waals surface area contributed by atoms with E-state index in [2.05, 4.69) is 14.9 Å². The molecule has 168 valence electrons. The molecule has 1 aromatic rings. The van der Waals surface area contributed by atoms with Crippen molar-refractivity contribution >= 4 is 11.9 Å². The number of hydrogen-bond donors (Lipinski definition) is 2. The summed E-state index contributed by atoms with van der Waals surface area (Å²) in [6.07, 6.45) is 0.460. The average molecular weight is 432 g/mol. The number of rotatable bonds is 5. The maximum atomic E-state index is 12.5. The summed E-state index contributed by atoms with van der Waals surface area (Å²) in [6.45, 7) is 6.71. The number of aryl methyl sites for hydroxylation is 1. The van der Waals surface area contributed by atoms with Gasteiger partial charge in [-0.1, -0.05) is 0 Å². The van der Waals surface area contributed by atoms with Gasteiger partial charge in [0.25, 0.3) is 5.91 Å². The molecule has 0 radical (unpaired) electrons. The van der Waals surface area contributed by atoms with Crippen molar-refractivity contribution in [3.63, 3.8) is 0 Å². The summed E-state index contributed by atoms with van der Waals surface area (Å²) in [7, 11) is 1.79. The molecule has 3 fully saturated rings. The van der Waals surface area contributed by atoms with Gasteiger partial charge in [-0.05, 0) is 38.0 Å². The van der Waals surface area contributed by atoms with Crippen LogP contribution in [0.4, 0.5) is 13.2 Å². The SMILES string of the molecule is COCC1CN(CC2CC2)C2(C1)CN(C(=O)c1cnc(C)[nH]1)C2.O=C(O)C(F)(F)F. The van der Waals surface area contributed by atoms with Crippen molar-refractivity contribution in [1.82, 2.24) is 19.8 Å². The third kappa shape index (κ3) is 5.12. The molecular formula is C19H27F3N4O4. The Morgan fingerprint density at radius 1 is 1.33 bits per heavy atom. The van der Waals surface area contributed by atoms with E-state index in [0.29, 0.717) is 11.6 Å². The van der Waals surface area contributed by atoms with Gasteiger partial charge < -0.3 is 19.7 Å². The molecule has 4 rings (SSSR count). The molecule has 3 aliphatic rings. The number of imidazole rings is 1. The summed E-state index contributed by atoms with van der Waals surface area (Å²) in [5, 5.41) is 7.12. The predicted octanol–water partition coefficient (Wildman–Crippen LogP) is 1.92. The summed E-state index contributed by atoms with van der Waals surface area (Å²) in [4.78, 5) is 33.2. The van der Waals surface area contributed by atoms with Crippen LogP contribution in [0.1, 0.15) is 35.6 Å². The van der Waals surface area contributed by atoms with Gasteiger partial charge in [-0.3, -0.25) is 9.69 Å². The van der Waals surface area contributed by atoms with E-state index in [-0.39, 0.29) is 11.4 Å². The minimum atomic E-state index is -5.08. The second kappa shape index (κ2) is 8.54. The van der Waals surface area contributed by atoms with Crippen molar-refractivity contribution < 1.29 is 32.6 Å². The lowest BCUT2D eigenvalue weighted by Gasteiger charge is -2.53. The van der Waals surface area contributed by atoms with Gasteiger partial charge in [-0.15, -0.1) is 0 Å². The predicted molar refractivity (Wildman–Crippen MR) is 99.9 cm³/mol. The number of likely N-dealkylation sites (tertiary alicyclic amines) is 2. The highest BCUT2D eigenvalue weighted by molar-refractivity contribution is 5.93. The Kier molecular flexibility index (Phi) is 6.42. The van der Waals surface area contributed by atoms with Crippen LogP contribution in [-0.2, 0) is 9.53 Å². The molecule has 30 heavy (non-hydrogen) atoms. The molecule has 1 aromatic heterocycles. The van der Waals surface area contributed by atoms with Gasteiger partial charge in [0.2, 0.25) is 0 Å². The lowest BCUT2D eigenvalue weighted by Crippen LogP contribution is -2.69. The molecule has 11 heteroatoms. The van der Waals surface area contributed by atoms with Gasteiger partial charge in [0.15, 0.2) is 0 Å². The Labute approximate surface area is 172 Å². The third-order valence-corrected chi connectivity index (χ3v) is 5.83. The number of carboxylic acids is 1. The van der Waals surface area contributed by atoms with Crippen molar-refractivity contribution in [1.29, 1.82) is 0 Å². The largest absolute Gasteiger partial charge is 0.490 e. The van der Waals surface area contributed by atoms with Crippen LogP contribution in [0.3, 0.4) is 0 Å². The number of alkyl halides is 3. The zero-order valence-corrected chi connectivity index (χ0v) is 17.0. The van der Waals surface area contributed by atoms with Crippen molar-refractivity contribution in [2.75, 3.05) is 39.9 Å². The van der Waals surface area contributed by atoms with Crippen LogP contribution in [-0.4, -0.2) is 88.4 Å². The van der Waals surface area contributed by atoms with Crippen LogP contribution in [0, 0.1) is 18.8 Å². The number of amides is 1. The molecular weight excluding hydrogens is 405 g/mol. The topological polar surface area (TPSA) is 98.8 Å². The van der Waals surface area contributed by atoms with Crippen LogP contribution >= 0.6 is 0 Å². The number of carbonyl (C=O) groups excluding carboxylic acids is 1. The Bertz CT molecular complexity index is 772. The molecule has 3 heterocycles. The molecule has 8 nitrogen and oxygen atoms in total. The number of aromatic nitrogens is 2. The standard InChI is InChI=1S/C17H26N4O2.C2HF3O2/c1-12-18-6-15(19-12)16(22)20-10-17(11-20)5-14(9-23-2)8-21(17)7-13-3-4-13;3-2(4,5)1(6)7/h6,13-14H,3-5,7-11H2,1-2H3,(H,18,19);(H,6,7). The van der Waals surface area contributed by atoms with E-state index >= 15 is 0 Å². The maximum Gasteiger partial charge on any atom is 0.490 e. The fourth-order valence-electron chi connectivity index (χ4n) is 4.30. The number of aliphatic carboxylic acids is 1. The van der Waals surface area contributed by atoms with E-state index in [1.807, 2.05) is 11.8 Å². The van der Waals surface area contributed by atoms with Gasteiger partial charge in [-0.2, -0.15) is 13.2 Å². The third-order valence-electron chi connectivity index (χ3n) is 5.83. The zero-order valence-electron chi connectivity index (χ0n) is 17.0. The Hall–Kier alpha value is -2.14. The zero-order chi connectivity index (χ0) is 22.1. The number of aromatic amines is 1. The second-order valence-electron chi connectivity index (χ2n) is 8.44. The molecule has 0 aromatic carbocycles. The monoisotopic (exact) mass is 432 g/mol. The van der Waals surface area contributed by atoms with Crippen molar-refractivity contribution in [3.05, 3.63) is 17.7 Å². The molecule has 2 saturated heterocycles. The molecule has 0 bridgehead atoms. The smallest absolute Gasteiger partial charge is 0.475 e. The normalized spacial score (nSPS) is 23.1. The Balaban J connectivity index is 0.000000318. The van der Waals surface area contributed by atoms with E-state index in [9.17, 15) is 18.0 Å². The minimum Gasteiger partial charge on any atom is -0.475 e. The van der Waals surface area contributed by atoms with Gasteiger partial charge in [-0.25, -0.2) is 9.78 Å². The molecule has 1 unspecified atom stereocenters. The Morgan fingerprint density at radius 3 is 2.43 bits per heavy atom. The summed E-state index contributed by atoms with van der Waals surface area (Å²) in [6, 6.07) is 0. The number of carboxylic acid groups (broad SMARTS) is 1. The van der Waals surface area contributed by atoms with Crippen molar-refractivity contribution in [2.45, 2.75) is 37.9 Å². The molecule has 1 spiro atoms. The highest BCUT2D eigenvalue weighted by Gasteiger charge is 2.55. The van der Waals surface area contributed by atoms with Gasteiger partial charge in [0.05, 0.1) is 18.3 Å². The quantitative estimate of drug-likeness (QED) is 0.738. The number of halogens is 3. The average Bonchev–Trinajstić information content (AvgIpc) is 3.21. The molecule has 1 saturated carbocycles. The van der Waals surface area contributed by atoms with Gasteiger partial charge in [0.1, 0.15) is 11.5 Å². The van der Waals surface area contributed by atoms with Crippen LogP contribution in [0.5, 0.6) is 0 Å². The highest BCUT2D eigenvalue weighted by atomic mass is 19.4. The van der Waals surface area contributed by atoms with Crippen molar-refractivity contribution in [3.8, 4) is 0 Å². The molecule has 2 aliphatic heterocycles. The molecule has 1 amide bonds. The number of H-pyrrole nitrogens is 1. The lowest BCUT2D eigenvalue weighted by molar-refractivity contribution is -0.192. The number of nitrogens with one attached hydrogen (secondary N) is 1. The van der Waals surface area contributed by atoms with Crippen LogP contribution in [0.15, 0.2) is 6.20 Å². The number of nitrogens with zero attached hydrogens (tertiary/aromatic N) is 3. The lowest BCUT2D eigenvalue weighted by atomic mass is 9.84. The summed E-state index contributed by atoms with van der Waals surface area (Å²) in [5.74, 6) is -0.399. The molecule has 1 aliphatic carbocycles. The molecule has 2 N–H and O–H groups in total.